The van der Waals surface area contributed by atoms with Crippen molar-refractivity contribution >= 4 is 10.8 Å². The zero-order valence-corrected chi connectivity index (χ0v) is 30.7. The molecule has 9 aromatic rings. The van der Waals surface area contributed by atoms with Gasteiger partial charge in [-0.25, -0.2) is 15.0 Å². The molecule has 0 unspecified atom stereocenters. The Bertz CT molecular complexity index is 2790. The zero-order valence-electron chi connectivity index (χ0n) is 30.7. The maximum Gasteiger partial charge on any atom is 0.164 e. The van der Waals surface area contributed by atoms with Crippen LogP contribution in [0.2, 0.25) is 0 Å². The van der Waals surface area contributed by atoms with Gasteiger partial charge < -0.3 is 0 Å². The minimum absolute atomic E-state index is 0.136. The first-order valence-electron chi connectivity index (χ1n) is 18.9. The van der Waals surface area contributed by atoms with Crippen LogP contribution in [0.3, 0.4) is 0 Å². The zero-order chi connectivity index (χ0) is 36.9. The average molecular weight is 704 g/mol. The number of benzene rings is 8. The summed E-state index contributed by atoms with van der Waals surface area (Å²) in [6.45, 7) is 4.70. The fourth-order valence-electron chi connectivity index (χ4n) is 8.49. The third-order valence-electron chi connectivity index (χ3n) is 11.1. The summed E-state index contributed by atoms with van der Waals surface area (Å²) in [5.74, 6) is 1.91. The maximum absolute atomic E-state index is 5.25. The second-order valence-electron chi connectivity index (χ2n) is 14.8. The van der Waals surface area contributed by atoms with Crippen molar-refractivity contribution in [2.45, 2.75) is 19.3 Å². The Balaban J connectivity index is 1.17. The molecule has 8 aromatic carbocycles. The van der Waals surface area contributed by atoms with Crippen LogP contribution in [0.4, 0.5) is 0 Å². The van der Waals surface area contributed by atoms with Gasteiger partial charge in [-0.05, 0) is 84.6 Å². The first kappa shape index (κ1) is 32.7. The predicted octanol–water partition coefficient (Wildman–Crippen LogP) is 13.3. The van der Waals surface area contributed by atoms with Crippen molar-refractivity contribution < 1.29 is 0 Å². The van der Waals surface area contributed by atoms with Gasteiger partial charge in [0.25, 0.3) is 0 Å². The van der Waals surface area contributed by atoms with Gasteiger partial charge in [0.1, 0.15) is 0 Å². The number of hydrogen-bond acceptors (Lipinski definition) is 3. The largest absolute Gasteiger partial charge is 0.208 e. The summed E-state index contributed by atoms with van der Waals surface area (Å²) in [6, 6.07) is 66.6. The van der Waals surface area contributed by atoms with E-state index in [1.54, 1.807) is 0 Å². The van der Waals surface area contributed by atoms with Gasteiger partial charge in [0, 0.05) is 22.1 Å². The highest BCUT2D eigenvalue weighted by Crippen LogP contribution is 2.53. The minimum Gasteiger partial charge on any atom is -0.208 e. The van der Waals surface area contributed by atoms with Crippen molar-refractivity contribution in [2.24, 2.45) is 0 Å². The van der Waals surface area contributed by atoms with E-state index >= 15 is 0 Å². The van der Waals surface area contributed by atoms with E-state index in [4.69, 9.17) is 15.0 Å². The number of aromatic nitrogens is 3. The smallest absolute Gasteiger partial charge is 0.164 e. The Morgan fingerprint density at radius 2 is 0.727 bits per heavy atom. The Morgan fingerprint density at radius 1 is 0.309 bits per heavy atom. The highest BCUT2D eigenvalue weighted by atomic mass is 15.0. The third-order valence-corrected chi connectivity index (χ3v) is 11.1. The molecule has 0 N–H and O–H groups in total. The van der Waals surface area contributed by atoms with Crippen LogP contribution in [0.5, 0.6) is 0 Å². The fourth-order valence-corrected chi connectivity index (χ4v) is 8.49. The molecule has 1 aliphatic rings. The Morgan fingerprint density at radius 3 is 1.35 bits per heavy atom. The van der Waals surface area contributed by atoms with E-state index in [2.05, 4.69) is 190 Å². The number of nitrogens with zero attached hydrogens (tertiary/aromatic N) is 3. The SMILES string of the molecule is CC1(C)c2ccccc2-c2cccc(-c3ccc(-c4nc(-c5cccc(-c6ccccc6)c5)nc(-c5cccc(-c6ccccc6)c5)n4)c4ccccc34)c21. The fraction of sp³-hybridized carbons (Fsp3) is 0.0577. The molecular weight excluding hydrogens is 667 g/mol. The lowest BCUT2D eigenvalue weighted by atomic mass is 9.78. The Hall–Kier alpha value is -6.97. The quantitative estimate of drug-likeness (QED) is 0.173. The molecule has 3 nitrogen and oxygen atoms in total. The van der Waals surface area contributed by atoms with Crippen LogP contribution < -0.4 is 0 Å². The van der Waals surface area contributed by atoms with Crippen LogP contribution in [0.25, 0.3) is 89.4 Å². The number of fused-ring (bicyclic) bond motifs is 4. The highest BCUT2D eigenvalue weighted by molar-refractivity contribution is 6.06. The van der Waals surface area contributed by atoms with E-state index < -0.39 is 0 Å². The minimum atomic E-state index is -0.136. The molecule has 0 atom stereocenters. The topological polar surface area (TPSA) is 38.7 Å². The van der Waals surface area contributed by atoms with Crippen molar-refractivity contribution in [1.82, 2.24) is 15.0 Å². The van der Waals surface area contributed by atoms with Gasteiger partial charge >= 0.3 is 0 Å². The van der Waals surface area contributed by atoms with Gasteiger partial charge in [-0.15, -0.1) is 0 Å². The van der Waals surface area contributed by atoms with E-state index in [0.717, 1.165) is 44.3 Å². The van der Waals surface area contributed by atoms with Crippen LogP contribution >= 0.6 is 0 Å². The molecule has 0 saturated carbocycles. The molecule has 1 heterocycles. The van der Waals surface area contributed by atoms with E-state index in [0.29, 0.717) is 17.5 Å². The molecule has 3 heteroatoms. The molecule has 0 aliphatic heterocycles. The lowest BCUT2D eigenvalue weighted by Crippen LogP contribution is -2.16. The van der Waals surface area contributed by atoms with Crippen molar-refractivity contribution in [2.75, 3.05) is 0 Å². The second-order valence-corrected chi connectivity index (χ2v) is 14.8. The van der Waals surface area contributed by atoms with E-state index in [-0.39, 0.29) is 5.41 Å². The molecule has 0 spiro atoms. The Labute approximate surface area is 321 Å². The van der Waals surface area contributed by atoms with Gasteiger partial charge in [0.2, 0.25) is 0 Å². The Kier molecular flexibility index (Phi) is 7.81. The first-order valence-corrected chi connectivity index (χ1v) is 18.9. The highest BCUT2D eigenvalue weighted by Gasteiger charge is 2.37. The van der Waals surface area contributed by atoms with Crippen LogP contribution in [-0.2, 0) is 5.41 Å². The van der Waals surface area contributed by atoms with Crippen molar-refractivity contribution in [3.63, 3.8) is 0 Å². The van der Waals surface area contributed by atoms with E-state index in [1.165, 1.54) is 38.8 Å². The van der Waals surface area contributed by atoms with Crippen LogP contribution in [0.1, 0.15) is 25.0 Å². The number of rotatable bonds is 6. The van der Waals surface area contributed by atoms with Gasteiger partial charge in [0.05, 0.1) is 0 Å². The summed E-state index contributed by atoms with van der Waals surface area (Å²) in [5.41, 5.74) is 15.1. The molecule has 10 rings (SSSR count). The lowest BCUT2D eigenvalue weighted by molar-refractivity contribution is 0.662. The lowest BCUT2D eigenvalue weighted by Gasteiger charge is -2.25. The standard InChI is InChI=1S/C52H37N3/c1-52(2)47-29-12-11-26-43(47)45-28-15-27-44(48(45)52)42-30-31-46(41-25-10-9-24-40(41)42)51-54-49(38-22-13-20-36(32-38)34-16-5-3-6-17-34)53-50(55-51)39-23-14-21-37(33-39)35-18-7-4-8-19-35/h3-33H,1-2H3. The molecule has 260 valence electrons. The molecule has 0 radical (unpaired) electrons. The third kappa shape index (κ3) is 5.64. The van der Waals surface area contributed by atoms with Crippen molar-refractivity contribution in [3.05, 3.63) is 199 Å². The predicted molar refractivity (Wildman–Crippen MR) is 228 cm³/mol. The van der Waals surface area contributed by atoms with Gasteiger partial charge in [-0.1, -0.05) is 184 Å². The summed E-state index contributed by atoms with van der Waals surface area (Å²) in [4.78, 5) is 15.7. The molecule has 0 saturated heterocycles. The monoisotopic (exact) mass is 703 g/mol. The molecule has 1 aliphatic carbocycles. The summed E-state index contributed by atoms with van der Waals surface area (Å²) < 4.78 is 0. The van der Waals surface area contributed by atoms with Crippen molar-refractivity contribution in [3.8, 4) is 78.7 Å². The van der Waals surface area contributed by atoms with E-state index in [9.17, 15) is 0 Å². The van der Waals surface area contributed by atoms with Crippen LogP contribution in [-0.4, -0.2) is 15.0 Å². The maximum atomic E-state index is 5.25. The molecule has 1 aromatic heterocycles. The van der Waals surface area contributed by atoms with Crippen molar-refractivity contribution in [1.29, 1.82) is 0 Å². The molecule has 55 heavy (non-hydrogen) atoms. The first-order chi connectivity index (χ1) is 27.0. The molecule has 0 amide bonds. The molecule has 0 fully saturated rings. The average Bonchev–Trinajstić information content (AvgIpc) is 3.50. The summed E-state index contributed by atoms with van der Waals surface area (Å²) in [5, 5.41) is 2.27. The molecule has 0 bridgehead atoms. The second kappa shape index (κ2) is 13.2. The summed E-state index contributed by atoms with van der Waals surface area (Å²) >= 11 is 0. The van der Waals surface area contributed by atoms with Gasteiger partial charge in [-0.2, -0.15) is 0 Å². The summed E-state index contributed by atoms with van der Waals surface area (Å²) in [7, 11) is 0. The molecular formula is C52H37N3. The van der Waals surface area contributed by atoms with Gasteiger partial charge in [-0.3, -0.25) is 0 Å². The normalized spacial score (nSPS) is 12.7. The summed E-state index contributed by atoms with van der Waals surface area (Å²) in [6.07, 6.45) is 0. The van der Waals surface area contributed by atoms with Gasteiger partial charge in [0.15, 0.2) is 17.5 Å². The van der Waals surface area contributed by atoms with Crippen LogP contribution in [0.15, 0.2) is 188 Å². The number of hydrogen-bond donors (Lipinski definition) is 0. The van der Waals surface area contributed by atoms with E-state index in [1.807, 2.05) is 12.1 Å². The van der Waals surface area contributed by atoms with Crippen LogP contribution in [0, 0.1) is 0 Å².